The van der Waals surface area contributed by atoms with Gasteiger partial charge in [0.05, 0.1) is 7.11 Å². The molecule has 1 aliphatic rings. The van der Waals surface area contributed by atoms with Crippen LogP contribution in [0.25, 0.3) is 11.6 Å². The Morgan fingerprint density at radius 3 is 2.67 bits per heavy atom. The second kappa shape index (κ2) is 12.4. The number of anilines is 1. The molecule has 0 bridgehead atoms. The average Bonchev–Trinajstić information content (AvgIpc) is 3.49. The van der Waals surface area contributed by atoms with Crippen molar-refractivity contribution in [1.29, 1.82) is 0 Å². The number of carbonyl (C=O) groups excluding carboxylic acids is 1. The third-order valence-electron chi connectivity index (χ3n) is 6.95. The SMILES string of the molecule is COc1ccc(CN2CCN(c3cc(Cl)nc(-c4ncc[nH]4)n3)CC2CC(=O)NCc2ccc(C)cc2)cc1F. The number of methoxy groups -OCH3 is 1. The molecule has 2 aromatic heterocycles. The largest absolute Gasteiger partial charge is 0.494 e. The molecule has 0 aliphatic carbocycles. The number of hydrogen-bond acceptors (Lipinski definition) is 7. The number of carbonyl (C=O) groups is 1. The predicted molar refractivity (Wildman–Crippen MR) is 152 cm³/mol. The van der Waals surface area contributed by atoms with Crippen molar-refractivity contribution < 1.29 is 13.9 Å². The molecule has 5 rings (SSSR count). The number of rotatable bonds is 9. The Labute approximate surface area is 237 Å². The molecule has 208 valence electrons. The molecule has 4 aromatic rings. The zero-order valence-electron chi connectivity index (χ0n) is 22.4. The lowest BCUT2D eigenvalue weighted by Gasteiger charge is -2.42. The zero-order valence-corrected chi connectivity index (χ0v) is 23.2. The highest BCUT2D eigenvalue weighted by Gasteiger charge is 2.30. The third-order valence-corrected chi connectivity index (χ3v) is 7.15. The van der Waals surface area contributed by atoms with Crippen LogP contribution in [0.4, 0.5) is 10.2 Å². The van der Waals surface area contributed by atoms with Crippen LogP contribution >= 0.6 is 11.6 Å². The molecule has 1 unspecified atom stereocenters. The summed E-state index contributed by atoms with van der Waals surface area (Å²) in [4.78, 5) is 33.7. The first kappa shape index (κ1) is 27.5. The van der Waals surface area contributed by atoms with Gasteiger partial charge >= 0.3 is 0 Å². The van der Waals surface area contributed by atoms with E-state index >= 15 is 0 Å². The second-order valence-corrected chi connectivity index (χ2v) is 10.2. The van der Waals surface area contributed by atoms with Crippen LogP contribution in [0.5, 0.6) is 5.75 Å². The standard InChI is InChI=1S/C29H31ClFN7O2/c1-19-3-5-20(6-4-19)16-34-27(39)14-22-18-38(26-15-25(30)35-29(36-26)28-32-9-10-33-28)12-11-37(22)17-21-7-8-24(40-2)23(31)13-21/h3-10,13,15,22H,11-12,14,16-18H2,1-2H3,(H,32,33)(H,34,39). The van der Waals surface area contributed by atoms with Crippen LogP contribution in [0, 0.1) is 12.7 Å². The molecule has 1 fully saturated rings. The quantitative estimate of drug-likeness (QED) is 0.292. The minimum Gasteiger partial charge on any atom is -0.494 e. The monoisotopic (exact) mass is 563 g/mol. The zero-order chi connectivity index (χ0) is 28.1. The Bertz CT molecular complexity index is 1450. The van der Waals surface area contributed by atoms with Crippen molar-refractivity contribution in [2.24, 2.45) is 0 Å². The van der Waals surface area contributed by atoms with E-state index in [1.807, 2.05) is 37.3 Å². The van der Waals surface area contributed by atoms with Gasteiger partial charge in [-0.15, -0.1) is 0 Å². The van der Waals surface area contributed by atoms with Crippen LogP contribution < -0.4 is 15.0 Å². The summed E-state index contributed by atoms with van der Waals surface area (Å²) in [5, 5.41) is 3.35. The normalized spacial score (nSPS) is 15.7. The van der Waals surface area contributed by atoms with E-state index in [9.17, 15) is 9.18 Å². The van der Waals surface area contributed by atoms with Gasteiger partial charge in [0, 0.05) is 63.6 Å². The first-order valence-corrected chi connectivity index (χ1v) is 13.4. The van der Waals surface area contributed by atoms with Crippen LogP contribution in [0.15, 0.2) is 60.9 Å². The maximum atomic E-state index is 14.4. The minimum absolute atomic E-state index is 0.0599. The topological polar surface area (TPSA) is 99.3 Å². The summed E-state index contributed by atoms with van der Waals surface area (Å²) >= 11 is 6.35. The highest BCUT2D eigenvalue weighted by atomic mass is 35.5. The molecule has 11 heteroatoms. The lowest BCUT2D eigenvalue weighted by Crippen LogP contribution is -2.54. The molecule has 1 saturated heterocycles. The number of piperazine rings is 1. The molecule has 1 aliphatic heterocycles. The van der Waals surface area contributed by atoms with E-state index in [1.165, 1.54) is 18.7 Å². The van der Waals surface area contributed by atoms with Gasteiger partial charge in [-0.05, 0) is 30.2 Å². The number of imidazole rings is 1. The lowest BCUT2D eigenvalue weighted by molar-refractivity contribution is -0.122. The Kier molecular flexibility index (Phi) is 8.57. The van der Waals surface area contributed by atoms with Gasteiger partial charge in [0.15, 0.2) is 23.2 Å². The van der Waals surface area contributed by atoms with Crippen molar-refractivity contribution >= 4 is 23.3 Å². The van der Waals surface area contributed by atoms with Gasteiger partial charge in [0.1, 0.15) is 11.0 Å². The Balaban J connectivity index is 1.33. The minimum atomic E-state index is -0.410. The summed E-state index contributed by atoms with van der Waals surface area (Å²) in [5.41, 5.74) is 3.01. The van der Waals surface area contributed by atoms with Crippen LogP contribution in [0.3, 0.4) is 0 Å². The fourth-order valence-electron chi connectivity index (χ4n) is 4.80. The predicted octanol–water partition coefficient (Wildman–Crippen LogP) is 4.37. The van der Waals surface area contributed by atoms with E-state index in [0.29, 0.717) is 55.3 Å². The van der Waals surface area contributed by atoms with E-state index in [-0.39, 0.29) is 24.1 Å². The molecule has 2 N–H and O–H groups in total. The number of aromatic amines is 1. The average molecular weight is 564 g/mol. The molecule has 9 nitrogen and oxygen atoms in total. The van der Waals surface area contributed by atoms with Crippen LogP contribution in [0.2, 0.25) is 5.15 Å². The molecule has 1 atom stereocenters. The molecule has 0 saturated carbocycles. The number of halogens is 2. The molecular weight excluding hydrogens is 533 g/mol. The number of aromatic nitrogens is 4. The Morgan fingerprint density at radius 2 is 1.95 bits per heavy atom. The van der Waals surface area contributed by atoms with Crippen LogP contribution in [0.1, 0.15) is 23.1 Å². The maximum Gasteiger partial charge on any atom is 0.221 e. The maximum absolute atomic E-state index is 14.4. The molecule has 3 heterocycles. The molecule has 0 spiro atoms. The van der Waals surface area contributed by atoms with Crippen molar-refractivity contribution in [3.05, 3.63) is 88.6 Å². The van der Waals surface area contributed by atoms with Crippen molar-refractivity contribution in [2.75, 3.05) is 31.6 Å². The Hall–Kier alpha value is -4.02. The van der Waals surface area contributed by atoms with Crippen molar-refractivity contribution in [1.82, 2.24) is 30.2 Å². The van der Waals surface area contributed by atoms with Gasteiger partial charge in [-0.25, -0.2) is 19.3 Å². The number of amides is 1. The molecule has 1 amide bonds. The smallest absolute Gasteiger partial charge is 0.221 e. The fourth-order valence-corrected chi connectivity index (χ4v) is 4.98. The summed E-state index contributed by atoms with van der Waals surface area (Å²) < 4.78 is 19.5. The first-order valence-electron chi connectivity index (χ1n) is 13.1. The van der Waals surface area contributed by atoms with E-state index in [4.69, 9.17) is 21.3 Å². The first-order chi connectivity index (χ1) is 19.4. The molecule has 2 aromatic carbocycles. The highest BCUT2D eigenvalue weighted by Crippen LogP contribution is 2.26. The number of benzene rings is 2. The van der Waals surface area contributed by atoms with Crippen LogP contribution in [-0.4, -0.2) is 63.5 Å². The Morgan fingerprint density at radius 1 is 1.15 bits per heavy atom. The lowest BCUT2D eigenvalue weighted by atomic mass is 10.1. The van der Waals surface area contributed by atoms with E-state index in [1.54, 1.807) is 24.5 Å². The number of hydrogen-bond donors (Lipinski definition) is 2. The van der Waals surface area contributed by atoms with Crippen LogP contribution in [-0.2, 0) is 17.9 Å². The molecular formula is C29H31ClFN7O2. The number of H-pyrrole nitrogens is 1. The van der Waals surface area contributed by atoms with Gasteiger partial charge in [-0.1, -0.05) is 47.5 Å². The number of aryl methyl sites for hydroxylation is 1. The van der Waals surface area contributed by atoms with Gasteiger partial charge in [0.2, 0.25) is 5.91 Å². The van der Waals surface area contributed by atoms with Crippen molar-refractivity contribution in [3.63, 3.8) is 0 Å². The van der Waals surface area contributed by atoms with E-state index in [2.05, 4.69) is 30.1 Å². The molecule has 40 heavy (non-hydrogen) atoms. The second-order valence-electron chi connectivity index (χ2n) is 9.82. The summed E-state index contributed by atoms with van der Waals surface area (Å²) in [6.45, 7) is 4.79. The summed E-state index contributed by atoms with van der Waals surface area (Å²) in [7, 11) is 1.44. The van der Waals surface area contributed by atoms with Gasteiger partial charge in [-0.2, -0.15) is 0 Å². The molecule has 0 radical (unpaired) electrons. The number of nitrogens with one attached hydrogen (secondary N) is 2. The summed E-state index contributed by atoms with van der Waals surface area (Å²) in [5.74, 6) is 1.31. The number of ether oxygens (including phenoxy) is 1. The van der Waals surface area contributed by atoms with Gasteiger partial charge < -0.3 is 19.9 Å². The summed E-state index contributed by atoms with van der Waals surface area (Å²) in [6.07, 6.45) is 3.60. The van der Waals surface area contributed by atoms with Gasteiger partial charge in [-0.3, -0.25) is 9.69 Å². The van der Waals surface area contributed by atoms with Crippen molar-refractivity contribution in [2.45, 2.75) is 32.5 Å². The van der Waals surface area contributed by atoms with Gasteiger partial charge in [0.25, 0.3) is 0 Å². The highest BCUT2D eigenvalue weighted by molar-refractivity contribution is 6.29. The van der Waals surface area contributed by atoms with Crippen molar-refractivity contribution in [3.8, 4) is 17.4 Å². The fraction of sp³-hybridized carbons (Fsp3) is 0.310. The summed E-state index contributed by atoms with van der Waals surface area (Å²) in [6, 6.07) is 14.6. The third kappa shape index (κ3) is 6.75. The number of nitrogens with zero attached hydrogens (tertiary/aromatic N) is 5. The van der Waals surface area contributed by atoms with E-state index < -0.39 is 5.82 Å². The van der Waals surface area contributed by atoms with E-state index in [0.717, 1.165) is 11.1 Å².